The molecule has 0 atom stereocenters. The average molecular weight is 205 g/mol. The summed E-state index contributed by atoms with van der Waals surface area (Å²) in [5, 5.41) is 5.02. The minimum absolute atomic E-state index is 0.495. The van der Waals surface area contributed by atoms with E-state index in [-0.39, 0.29) is 0 Å². The second kappa shape index (κ2) is 3.98. The summed E-state index contributed by atoms with van der Waals surface area (Å²) >= 11 is 0. The van der Waals surface area contributed by atoms with Crippen molar-refractivity contribution in [3.8, 4) is 0 Å². The van der Waals surface area contributed by atoms with E-state index in [1.807, 2.05) is 6.07 Å². The van der Waals surface area contributed by atoms with Gasteiger partial charge in [0.05, 0.1) is 11.1 Å². The van der Waals surface area contributed by atoms with Crippen LogP contribution in [0.2, 0.25) is 0 Å². The highest BCUT2D eigenvalue weighted by Gasteiger charge is 2.10. The second-order valence-electron chi connectivity index (χ2n) is 4.13. The van der Waals surface area contributed by atoms with Crippen molar-refractivity contribution in [3.63, 3.8) is 0 Å². The topological polar surface area (TPSA) is 64.9 Å². The maximum absolute atomic E-state index is 5.57. The maximum Gasteiger partial charge on any atom is 0.257 e. The Kier molecular flexibility index (Phi) is 2.68. The molecule has 0 aliphatic carbocycles. The maximum atomic E-state index is 5.57. The van der Waals surface area contributed by atoms with Gasteiger partial charge in [-0.3, -0.25) is 0 Å². The first kappa shape index (κ1) is 10.1. The van der Waals surface area contributed by atoms with Crippen molar-refractivity contribution in [1.29, 1.82) is 0 Å². The van der Waals surface area contributed by atoms with Crippen LogP contribution in [0.5, 0.6) is 0 Å². The number of nitrogens with two attached hydrogens (primary N) is 1. The molecule has 2 heterocycles. The summed E-state index contributed by atoms with van der Waals surface area (Å²) in [5.74, 6) is 0.555. The zero-order valence-corrected chi connectivity index (χ0v) is 9.03. The lowest BCUT2D eigenvalue weighted by Crippen LogP contribution is -1.98. The predicted octanol–water partition coefficient (Wildman–Crippen LogP) is 1.88. The highest BCUT2D eigenvalue weighted by molar-refractivity contribution is 5.76. The van der Waals surface area contributed by atoms with Crippen molar-refractivity contribution in [2.75, 3.05) is 0 Å². The van der Waals surface area contributed by atoms with Gasteiger partial charge in [0.25, 0.3) is 5.71 Å². The summed E-state index contributed by atoms with van der Waals surface area (Å²) in [7, 11) is 0. The lowest BCUT2D eigenvalue weighted by Gasteiger charge is -2.00. The molecule has 0 saturated carbocycles. The van der Waals surface area contributed by atoms with E-state index < -0.39 is 0 Å². The number of fused-ring (bicyclic) bond motifs is 1. The third-order valence-electron chi connectivity index (χ3n) is 2.30. The summed E-state index contributed by atoms with van der Waals surface area (Å²) in [6, 6.07) is 2.01. The van der Waals surface area contributed by atoms with Crippen molar-refractivity contribution in [2.45, 2.75) is 26.8 Å². The molecule has 15 heavy (non-hydrogen) atoms. The molecular formula is C11H15N3O. The van der Waals surface area contributed by atoms with Gasteiger partial charge in [0, 0.05) is 12.7 Å². The average Bonchev–Trinajstić information content (AvgIpc) is 2.60. The first-order valence-corrected chi connectivity index (χ1v) is 5.14. The largest absolute Gasteiger partial charge is 0.336 e. The van der Waals surface area contributed by atoms with Crippen LogP contribution in [0, 0.1) is 5.92 Å². The normalized spacial score (nSPS) is 11.5. The lowest BCUT2D eigenvalue weighted by molar-refractivity contribution is 0.432. The minimum Gasteiger partial charge on any atom is -0.336 e. The Morgan fingerprint density at radius 3 is 2.93 bits per heavy atom. The van der Waals surface area contributed by atoms with E-state index in [1.165, 1.54) is 0 Å². The van der Waals surface area contributed by atoms with Gasteiger partial charge in [-0.1, -0.05) is 19.0 Å². The molecule has 0 spiro atoms. The molecule has 0 saturated heterocycles. The van der Waals surface area contributed by atoms with Crippen LogP contribution in [-0.2, 0) is 13.0 Å². The molecule has 2 aromatic heterocycles. The molecule has 2 aromatic rings. The van der Waals surface area contributed by atoms with Gasteiger partial charge in [0.1, 0.15) is 0 Å². The summed E-state index contributed by atoms with van der Waals surface area (Å²) in [5.41, 5.74) is 8.15. The fourth-order valence-corrected chi connectivity index (χ4v) is 1.57. The van der Waals surface area contributed by atoms with Crippen LogP contribution in [-0.4, -0.2) is 10.1 Å². The molecular weight excluding hydrogens is 190 g/mol. The first-order chi connectivity index (χ1) is 7.20. The fourth-order valence-electron chi connectivity index (χ4n) is 1.57. The molecule has 4 heteroatoms. The third-order valence-corrected chi connectivity index (χ3v) is 2.30. The predicted molar refractivity (Wildman–Crippen MR) is 58.2 cm³/mol. The first-order valence-electron chi connectivity index (χ1n) is 5.14. The summed E-state index contributed by atoms with van der Waals surface area (Å²) < 4.78 is 5.15. The number of nitrogens with zero attached hydrogens (tertiary/aromatic N) is 2. The third kappa shape index (κ3) is 1.99. The van der Waals surface area contributed by atoms with E-state index in [2.05, 4.69) is 24.0 Å². The molecule has 2 N–H and O–H groups in total. The van der Waals surface area contributed by atoms with Crippen LogP contribution in [0.4, 0.5) is 0 Å². The van der Waals surface area contributed by atoms with Gasteiger partial charge in [-0.15, -0.1) is 0 Å². The zero-order valence-electron chi connectivity index (χ0n) is 9.03. The van der Waals surface area contributed by atoms with Crippen LogP contribution < -0.4 is 5.73 Å². The van der Waals surface area contributed by atoms with Gasteiger partial charge in [-0.05, 0) is 24.0 Å². The van der Waals surface area contributed by atoms with Crippen LogP contribution in [0.1, 0.15) is 25.1 Å². The smallest absolute Gasteiger partial charge is 0.257 e. The van der Waals surface area contributed by atoms with E-state index >= 15 is 0 Å². The van der Waals surface area contributed by atoms with Crippen LogP contribution in [0.3, 0.4) is 0 Å². The summed E-state index contributed by atoms with van der Waals surface area (Å²) in [6.07, 6.45) is 2.63. The monoisotopic (exact) mass is 205 g/mol. The molecule has 0 amide bonds. The van der Waals surface area contributed by atoms with E-state index in [1.54, 1.807) is 6.20 Å². The summed E-state index contributed by atoms with van der Waals surface area (Å²) in [4.78, 5) is 4.17. The molecule has 2 rings (SSSR count). The van der Waals surface area contributed by atoms with Gasteiger partial charge in [-0.2, -0.15) is 0 Å². The van der Waals surface area contributed by atoms with Gasteiger partial charge in [-0.25, -0.2) is 4.98 Å². The van der Waals surface area contributed by atoms with Gasteiger partial charge in [0.2, 0.25) is 0 Å². The highest BCUT2D eigenvalue weighted by atomic mass is 16.5. The Morgan fingerprint density at radius 1 is 1.47 bits per heavy atom. The lowest BCUT2D eigenvalue weighted by atomic mass is 10.1. The summed E-state index contributed by atoms with van der Waals surface area (Å²) in [6.45, 7) is 4.80. The highest BCUT2D eigenvalue weighted by Crippen LogP contribution is 2.20. The van der Waals surface area contributed by atoms with Crippen molar-refractivity contribution in [3.05, 3.63) is 23.5 Å². The van der Waals surface area contributed by atoms with Crippen molar-refractivity contribution in [1.82, 2.24) is 10.1 Å². The Hall–Kier alpha value is -1.42. The van der Waals surface area contributed by atoms with E-state index in [0.29, 0.717) is 18.2 Å². The van der Waals surface area contributed by atoms with Gasteiger partial charge >= 0.3 is 0 Å². The zero-order chi connectivity index (χ0) is 10.8. The molecule has 0 unspecified atom stereocenters. The van der Waals surface area contributed by atoms with Crippen LogP contribution in [0.25, 0.3) is 11.1 Å². The molecule has 0 radical (unpaired) electrons. The van der Waals surface area contributed by atoms with Crippen LogP contribution >= 0.6 is 0 Å². The SMILES string of the molecule is CC(C)Cc1noc2ncc(CN)cc12. The van der Waals surface area contributed by atoms with Gasteiger partial charge in [0.15, 0.2) is 0 Å². The van der Waals surface area contributed by atoms with Crippen molar-refractivity contribution >= 4 is 11.1 Å². The fraction of sp³-hybridized carbons (Fsp3) is 0.455. The number of rotatable bonds is 3. The molecule has 0 fully saturated rings. The molecule has 0 aliphatic rings. The van der Waals surface area contributed by atoms with Crippen LogP contribution in [0.15, 0.2) is 16.8 Å². The Morgan fingerprint density at radius 2 is 2.27 bits per heavy atom. The standard InChI is InChI=1S/C11H15N3O/c1-7(2)3-10-9-4-8(5-12)6-13-11(9)15-14-10/h4,6-7H,3,5,12H2,1-2H3. The van der Waals surface area contributed by atoms with E-state index in [4.69, 9.17) is 10.3 Å². The van der Waals surface area contributed by atoms with Crippen molar-refractivity contribution < 1.29 is 4.52 Å². The Bertz CT molecular complexity index is 462. The second-order valence-corrected chi connectivity index (χ2v) is 4.13. The quantitative estimate of drug-likeness (QED) is 0.830. The Balaban J connectivity index is 2.46. The van der Waals surface area contributed by atoms with E-state index in [9.17, 15) is 0 Å². The Labute approximate surface area is 88.5 Å². The van der Waals surface area contributed by atoms with Crippen molar-refractivity contribution in [2.24, 2.45) is 11.7 Å². The van der Waals surface area contributed by atoms with E-state index in [0.717, 1.165) is 23.1 Å². The minimum atomic E-state index is 0.495. The van der Waals surface area contributed by atoms with Gasteiger partial charge < -0.3 is 10.3 Å². The number of hydrogen-bond acceptors (Lipinski definition) is 4. The molecule has 4 nitrogen and oxygen atoms in total. The number of aromatic nitrogens is 2. The molecule has 0 bridgehead atoms. The molecule has 0 aromatic carbocycles. The number of hydrogen-bond donors (Lipinski definition) is 1. The molecule has 0 aliphatic heterocycles. The molecule has 80 valence electrons. The number of pyridine rings is 1.